The first-order valence-electron chi connectivity index (χ1n) is 11.8. The molecular formula is C26H28N6O3. The second-order valence-corrected chi connectivity index (χ2v) is 8.81. The SMILES string of the molecule is O=C(CN=C1NC(=O)N(CCCn2ccnc2)C1c1ccc(O)cc1)N1CCc2ccccc2C1. The summed E-state index contributed by atoms with van der Waals surface area (Å²) in [7, 11) is 0. The second-order valence-electron chi connectivity index (χ2n) is 8.81. The van der Waals surface area contributed by atoms with Crippen molar-refractivity contribution in [2.45, 2.75) is 32.0 Å². The van der Waals surface area contributed by atoms with Gasteiger partial charge in [-0.05, 0) is 41.7 Å². The van der Waals surface area contributed by atoms with Crippen molar-refractivity contribution in [1.29, 1.82) is 0 Å². The van der Waals surface area contributed by atoms with Gasteiger partial charge in [0.05, 0.1) is 6.33 Å². The third-order valence-electron chi connectivity index (χ3n) is 6.52. The van der Waals surface area contributed by atoms with Gasteiger partial charge in [-0.2, -0.15) is 0 Å². The Hall–Kier alpha value is -4.14. The maximum Gasteiger partial charge on any atom is 0.323 e. The fourth-order valence-electron chi connectivity index (χ4n) is 4.67. The Labute approximate surface area is 203 Å². The van der Waals surface area contributed by atoms with Crippen LogP contribution < -0.4 is 5.32 Å². The third kappa shape index (κ3) is 5.03. The number of fused-ring (bicyclic) bond motifs is 1. The molecular weight excluding hydrogens is 444 g/mol. The minimum atomic E-state index is -0.444. The number of hydrogen-bond donors (Lipinski definition) is 2. The summed E-state index contributed by atoms with van der Waals surface area (Å²) in [6, 6.07) is 14.2. The summed E-state index contributed by atoms with van der Waals surface area (Å²) in [5.74, 6) is 0.537. The minimum absolute atomic E-state index is 0.0325. The molecule has 1 unspecified atom stereocenters. The van der Waals surface area contributed by atoms with Crippen molar-refractivity contribution >= 4 is 17.8 Å². The zero-order chi connectivity index (χ0) is 24.2. The quantitative estimate of drug-likeness (QED) is 0.552. The molecule has 0 bridgehead atoms. The fourth-order valence-corrected chi connectivity index (χ4v) is 4.67. The first-order valence-corrected chi connectivity index (χ1v) is 11.8. The summed E-state index contributed by atoms with van der Waals surface area (Å²) in [4.78, 5) is 38.0. The molecule has 1 fully saturated rings. The number of hydrogen-bond acceptors (Lipinski definition) is 5. The third-order valence-corrected chi connectivity index (χ3v) is 6.52. The molecule has 0 radical (unpaired) electrons. The van der Waals surface area contributed by atoms with Gasteiger partial charge in [-0.15, -0.1) is 0 Å². The van der Waals surface area contributed by atoms with Crippen LogP contribution in [-0.4, -0.2) is 61.9 Å². The topological polar surface area (TPSA) is 103 Å². The van der Waals surface area contributed by atoms with Gasteiger partial charge in [0, 0.05) is 38.6 Å². The predicted octanol–water partition coefficient (Wildman–Crippen LogP) is 2.73. The van der Waals surface area contributed by atoms with Gasteiger partial charge >= 0.3 is 6.03 Å². The Bertz CT molecular complexity index is 1220. The average molecular weight is 473 g/mol. The van der Waals surface area contributed by atoms with E-state index in [1.54, 1.807) is 41.7 Å². The first kappa shape index (κ1) is 22.6. The number of phenols is 1. The number of carbonyl (C=O) groups excluding carboxylic acids is 2. The van der Waals surface area contributed by atoms with Crippen LogP contribution in [0, 0.1) is 0 Å². The summed E-state index contributed by atoms with van der Waals surface area (Å²) in [5.41, 5.74) is 3.27. The van der Waals surface area contributed by atoms with Crippen LogP contribution in [0.4, 0.5) is 4.79 Å². The molecule has 2 aliphatic rings. The number of aromatic hydroxyl groups is 1. The molecule has 1 aromatic heterocycles. The van der Waals surface area contributed by atoms with Gasteiger partial charge in [0.15, 0.2) is 0 Å². The Morgan fingerprint density at radius 1 is 1.11 bits per heavy atom. The van der Waals surface area contributed by atoms with Crippen LogP contribution in [0.1, 0.15) is 29.2 Å². The maximum atomic E-state index is 13.0. The van der Waals surface area contributed by atoms with Crippen molar-refractivity contribution in [3.8, 4) is 5.75 Å². The lowest BCUT2D eigenvalue weighted by Gasteiger charge is -2.28. The maximum absolute atomic E-state index is 13.0. The van der Waals surface area contributed by atoms with E-state index in [-0.39, 0.29) is 24.2 Å². The van der Waals surface area contributed by atoms with Gasteiger partial charge < -0.3 is 19.5 Å². The van der Waals surface area contributed by atoms with Crippen LogP contribution in [0.2, 0.25) is 0 Å². The number of nitrogens with one attached hydrogen (secondary N) is 1. The lowest BCUT2D eigenvalue weighted by molar-refractivity contribution is -0.130. The van der Waals surface area contributed by atoms with Gasteiger partial charge in [-0.25, -0.2) is 9.78 Å². The molecule has 0 saturated carbocycles. The summed E-state index contributed by atoms with van der Waals surface area (Å²) < 4.78 is 1.97. The normalized spacial score (nSPS) is 18.6. The van der Waals surface area contributed by atoms with Crippen molar-refractivity contribution < 1.29 is 14.7 Å². The molecule has 0 aliphatic carbocycles. The number of nitrogens with zero attached hydrogens (tertiary/aromatic N) is 5. The molecule has 1 atom stereocenters. The van der Waals surface area contributed by atoms with Gasteiger partial charge in [0.1, 0.15) is 24.2 Å². The average Bonchev–Trinajstić information content (AvgIpc) is 3.51. The van der Waals surface area contributed by atoms with Crippen LogP contribution in [0.5, 0.6) is 5.75 Å². The van der Waals surface area contributed by atoms with E-state index >= 15 is 0 Å². The number of aliphatic imine (C=N–C) groups is 1. The van der Waals surface area contributed by atoms with E-state index in [9.17, 15) is 14.7 Å². The molecule has 3 heterocycles. The molecule has 3 amide bonds. The largest absolute Gasteiger partial charge is 0.508 e. The number of aromatic nitrogens is 2. The van der Waals surface area contributed by atoms with Gasteiger partial charge in [0.2, 0.25) is 5.91 Å². The summed E-state index contributed by atoms with van der Waals surface area (Å²) in [6.07, 6.45) is 6.93. The predicted molar refractivity (Wildman–Crippen MR) is 131 cm³/mol. The number of carbonyl (C=O) groups is 2. The molecule has 180 valence electrons. The molecule has 9 nitrogen and oxygen atoms in total. The number of urea groups is 1. The Morgan fingerprint density at radius 2 is 1.91 bits per heavy atom. The highest BCUT2D eigenvalue weighted by atomic mass is 16.3. The van der Waals surface area contributed by atoms with E-state index in [2.05, 4.69) is 27.4 Å². The number of imidazole rings is 1. The number of phenolic OH excluding ortho intramolecular Hbond substituents is 1. The summed E-state index contributed by atoms with van der Waals surface area (Å²) >= 11 is 0. The number of benzene rings is 2. The lowest BCUT2D eigenvalue weighted by Crippen LogP contribution is -2.37. The highest BCUT2D eigenvalue weighted by molar-refractivity contribution is 6.08. The lowest BCUT2D eigenvalue weighted by atomic mass is 10.00. The van der Waals surface area contributed by atoms with Gasteiger partial charge in [-0.1, -0.05) is 36.4 Å². The standard InChI is InChI=1S/C26H28N6O3/c33-22-8-6-20(7-9-22)24-25(29-26(35)32(24)13-3-12-30-15-11-27-18-30)28-16-23(34)31-14-10-19-4-1-2-5-21(19)17-31/h1-2,4-9,11,15,18,24,33H,3,10,12-14,16-17H2,(H,28,29,35). The molecule has 5 rings (SSSR count). The van der Waals surface area contributed by atoms with E-state index in [1.807, 2.05) is 27.8 Å². The molecule has 9 heteroatoms. The van der Waals surface area contributed by atoms with Crippen molar-refractivity contribution in [2.75, 3.05) is 19.6 Å². The van der Waals surface area contributed by atoms with E-state index in [4.69, 9.17) is 0 Å². The van der Waals surface area contributed by atoms with Crippen LogP contribution >= 0.6 is 0 Å². The van der Waals surface area contributed by atoms with Crippen molar-refractivity contribution in [3.05, 3.63) is 83.9 Å². The Morgan fingerprint density at radius 3 is 2.69 bits per heavy atom. The van der Waals surface area contributed by atoms with Crippen LogP contribution in [0.3, 0.4) is 0 Å². The molecule has 2 aromatic carbocycles. The number of amides is 3. The first-order chi connectivity index (χ1) is 17.1. The van der Waals surface area contributed by atoms with E-state index in [0.29, 0.717) is 25.5 Å². The summed E-state index contributed by atoms with van der Waals surface area (Å²) in [6.45, 7) is 2.44. The number of aryl methyl sites for hydroxylation is 1. The smallest absolute Gasteiger partial charge is 0.323 e. The van der Waals surface area contributed by atoms with E-state index in [0.717, 1.165) is 24.9 Å². The fraction of sp³-hybridized carbons (Fsp3) is 0.308. The molecule has 3 aromatic rings. The van der Waals surface area contributed by atoms with Crippen molar-refractivity contribution in [3.63, 3.8) is 0 Å². The minimum Gasteiger partial charge on any atom is -0.508 e. The highest BCUT2D eigenvalue weighted by Crippen LogP contribution is 2.28. The molecule has 2 aliphatic heterocycles. The van der Waals surface area contributed by atoms with Crippen LogP contribution in [0.25, 0.3) is 0 Å². The number of rotatable bonds is 7. The monoisotopic (exact) mass is 472 g/mol. The van der Waals surface area contributed by atoms with Crippen molar-refractivity contribution in [1.82, 2.24) is 24.7 Å². The van der Waals surface area contributed by atoms with E-state index < -0.39 is 6.04 Å². The number of amidine groups is 1. The Kier molecular flexibility index (Phi) is 6.47. The van der Waals surface area contributed by atoms with Gasteiger partial charge in [0.25, 0.3) is 0 Å². The second kappa shape index (κ2) is 10.0. The molecule has 2 N–H and O–H groups in total. The van der Waals surface area contributed by atoms with E-state index in [1.165, 1.54) is 11.1 Å². The summed E-state index contributed by atoms with van der Waals surface area (Å²) in [5, 5.41) is 12.6. The Balaban J connectivity index is 1.31. The van der Waals surface area contributed by atoms with Crippen LogP contribution in [-0.2, 0) is 24.3 Å². The highest BCUT2D eigenvalue weighted by Gasteiger charge is 2.37. The molecule has 35 heavy (non-hydrogen) atoms. The molecule has 0 spiro atoms. The van der Waals surface area contributed by atoms with Crippen molar-refractivity contribution in [2.24, 2.45) is 4.99 Å². The zero-order valence-electron chi connectivity index (χ0n) is 19.4. The zero-order valence-corrected chi connectivity index (χ0v) is 19.4. The molecule has 1 saturated heterocycles. The van der Waals surface area contributed by atoms with Gasteiger partial charge in [-0.3, -0.25) is 15.1 Å². The van der Waals surface area contributed by atoms with Crippen LogP contribution in [0.15, 0.2) is 72.2 Å².